The van der Waals surface area contributed by atoms with E-state index in [9.17, 15) is 0 Å². The molecule has 0 amide bonds. The van der Waals surface area contributed by atoms with Gasteiger partial charge in [-0.3, -0.25) is 4.90 Å². The summed E-state index contributed by atoms with van der Waals surface area (Å²) in [6, 6.07) is 5.07. The SMILES string of the molecule is CCCCC[C@H](c1cccn1C)N1CCNCC1. The number of piperazine rings is 1. The molecule has 0 aliphatic carbocycles. The Hall–Kier alpha value is -0.800. The monoisotopic (exact) mass is 249 g/mol. The lowest BCUT2D eigenvalue weighted by atomic mass is 10.0. The minimum Gasteiger partial charge on any atom is -0.353 e. The maximum Gasteiger partial charge on any atom is 0.0501 e. The summed E-state index contributed by atoms with van der Waals surface area (Å²) in [7, 11) is 2.17. The van der Waals surface area contributed by atoms with Crippen molar-refractivity contribution in [2.45, 2.75) is 38.6 Å². The minimum absolute atomic E-state index is 0.610. The fourth-order valence-corrected chi connectivity index (χ4v) is 2.92. The van der Waals surface area contributed by atoms with Gasteiger partial charge in [0.1, 0.15) is 0 Å². The van der Waals surface area contributed by atoms with Crippen molar-refractivity contribution in [3.05, 3.63) is 24.0 Å². The van der Waals surface area contributed by atoms with Gasteiger partial charge < -0.3 is 9.88 Å². The van der Waals surface area contributed by atoms with E-state index in [-0.39, 0.29) is 0 Å². The van der Waals surface area contributed by atoms with Gasteiger partial charge in [-0.1, -0.05) is 26.2 Å². The van der Waals surface area contributed by atoms with Gasteiger partial charge in [-0.2, -0.15) is 0 Å². The summed E-state index contributed by atoms with van der Waals surface area (Å²) in [6.45, 7) is 6.91. The molecular weight excluding hydrogens is 222 g/mol. The molecule has 1 atom stereocenters. The Morgan fingerprint density at radius 3 is 2.67 bits per heavy atom. The number of hydrogen-bond acceptors (Lipinski definition) is 2. The number of rotatable bonds is 6. The molecule has 0 spiro atoms. The normalized spacial score (nSPS) is 19.0. The molecule has 0 bridgehead atoms. The van der Waals surface area contributed by atoms with Crippen LogP contribution in [0.1, 0.15) is 44.3 Å². The molecule has 0 saturated carbocycles. The van der Waals surface area contributed by atoms with Crippen LogP contribution in [0.5, 0.6) is 0 Å². The van der Waals surface area contributed by atoms with Gasteiger partial charge in [0.25, 0.3) is 0 Å². The van der Waals surface area contributed by atoms with Crippen LogP contribution in [0.3, 0.4) is 0 Å². The highest BCUT2D eigenvalue weighted by atomic mass is 15.2. The molecule has 1 fully saturated rings. The average molecular weight is 249 g/mol. The summed E-state index contributed by atoms with van der Waals surface area (Å²) in [5, 5.41) is 3.45. The highest BCUT2D eigenvalue weighted by Crippen LogP contribution is 2.27. The Kier molecular flexibility index (Phi) is 5.26. The van der Waals surface area contributed by atoms with E-state index in [1.165, 1.54) is 44.5 Å². The average Bonchev–Trinajstić information content (AvgIpc) is 2.82. The Morgan fingerprint density at radius 1 is 1.28 bits per heavy atom. The van der Waals surface area contributed by atoms with E-state index in [0.717, 1.165) is 13.1 Å². The molecule has 1 aromatic rings. The maximum atomic E-state index is 3.45. The Balaban J connectivity index is 2.04. The molecule has 0 radical (unpaired) electrons. The highest BCUT2D eigenvalue weighted by Gasteiger charge is 2.23. The molecule has 3 nitrogen and oxygen atoms in total. The standard InChI is InChI=1S/C15H27N3/c1-3-4-5-7-15(14-8-6-11-17(14)2)18-12-9-16-10-13-18/h6,8,11,15-16H,3-5,7,9-10,12-13H2,1-2H3/t15-/m1/s1. The predicted molar refractivity (Wildman–Crippen MR) is 76.7 cm³/mol. The van der Waals surface area contributed by atoms with Crippen LogP contribution in [-0.2, 0) is 7.05 Å². The van der Waals surface area contributed by atoms with Crippen molar-refractivity contribution in [1.82, 2.24) is 14.8 Å². The topological polar surface area (TPSA) is 20.2 Å². The van der Waals surface area contributed by atoms with Crippen molar-refractivity contribution >= 4 is 0 Å². The van der Waals surface area contributed by atoms with Crippen molar-refractivity contribution in [2.24, 2.45) is 7.05 Å². The first-order valence-corrected chi connectivity index (χ1v) is 7.39. The van der Waals surface area contributed by atoms with E-state index in [1.54, 1.807) is 0 Å². The third-order valence-electron chi connectivity index (χ3n) is 4.00. The number of aromatic nitrogens is 1. The minimum atomic E-state index is 0.610. The van der Waals surface area contributed by atoms with Crippen molar-refractivity contribution in [1.29, 1.82) is 0 Å². The molecular formula is C15H27N3. The summed E-state index contributed by atoms with van der Waals surface area (Å²) in [5.74, 6) is 0. The first-order chi connectivity index (χ1) is 8.83. The van der Waals surface area contributed by atoms with Gasteiger partial charge in [0.05, 0.1) is 6.04 Å². The van der Waals surface area contributed by atoms with E-state index >= 15 is 0 Å². The molecule has 1 saturated heterocycles. The number of nitrogens with one attached hydrogen (secondary N) is 1. The van der Waals surface area contributed by atoms with Gasteiger partial charge in [-0.25, -0.2) is 0 Å². The Bertz CT molecular complexity index is 339. The lowest BCUT2D eigenvalue weighted by Gasteiger charge is -2.35. The molecule has 102 valence electrons. The molecule has 2 rings (SSSR count). The third-order valence-corrected chi connectivity index (χ3v) is 4.00. The fraction of sp³-hybridized carbons (Fsp3) is 0.733. The van der Waals surface area contributed by atoms with Crippen LogP contribution in [0.25, 0.3) is 0 Å². The van der Waals surface area contributed by atoms with Crippen molar-refractivity contribution in [3.8, 4) is 0 Å². The van der Waals surface area contributed by atoms with Gasteiger partial charge in [0.2, 0.25) is 0 Å². The van der Waals surface area contributed by atoms with Crippen LogP contribution in [0.2, 0.25) is 0 Å². The zero-order valence-corrected chi connectivity index (χ0v) is 11.9. The van der Waals surface area contributed by atoms with Crippen molar-refractivity contribution in [2.75, 3.05) is 26.2 Å². The van der Waals surface area contributed by atoms with E-state index in [0.29, 0.717) is 6.04 Å². The molecule has 18 heavy (non-hydrogen) atoms. The Labute approximate surface area is 111 Å². The quantitative estimate of drug-likeness (QED) is 0.782. The molecule has 2 heterocycles. The number of hydrogen-bond donors (Lipinski definition) is 1. The van der Waals surface area contributed by atoms with Crippen LogP contribution in [-0.4, -0.2) is 35.6 Å². The lowest BCUT2D eigenvalue weighted by molar-refractivity contribution is 0.157. The smallest absolute Gasteiger partial charge is 0.0501 e. The second-order valence-electron chi connectivity index (χ2n) is 5.34. The maximum absolute atomic E-state index is 3.45. The van der Waals surface area contributed by atoms with E-state index in [1.807, 2.05) is 0 Å². The lowest BCUT2D eigenvalue weighted by Crippen LogP contribution is -2.45. The number of nitrogens with zero attached hydrogens (tertiary/aromatic N) is 2. The Morgan fingerprint density at radius 2 is 2.06 bits per heavy atom. The van der Waals surface area contributed by atoms with Crippen LogP contribution in [0.15, 0.2) is 18.3 Å². The van der Waals surface area contributed by atoms with E-state index in [2.05, 4.69) is 47.1 Å². The van der Waals surface area contributed by atoms with Crippen LogP contribution in [0, 0.1) is 0 Å². The first kappa shape index (κ1) is 13.6. The van der Waals surface area contributed by atoms with E-state index < -0.39 is 0 Å². The summed E-state index contributed by atoms with van der Waals surface area (Å²) in [5.41, 5.74) is 1.48. The van der Waals surface area contributed by atoms with Gasteiger partial charge in [-0.05, 0) is 18.6 Å². The zero-order chi connectivity index (χ0) is 12.8. The zero-order valence-electron chi connectivity index (χ0n) is 11.9. The summed E-state index contributed by atoms with van der Waals surface area (Å²) in [4.78, 5) is 2.65. The first-order valence-electron chi connectivity index (χ1n) is 7.39. The van der Waals surface area contributed by atoms with Crippen molar-refractivity contribution < 1.29 is 0 Å². The van der Waals surface area contributed by atoms with Gasteiger partial charge >= 0.3 is 0 Å². The van der Waals surface area contributed by atoms with Crippen LogP contribution < -0.4 is 5.32 Å². The van der Waals surface area contributed by atoms with Gasteiger partial charge in [-0.15, -0.1) is 0 Å². The molecule has 0 aromatic carbocycles. The summed E-state index contributed by atoms with van der Waals surface area (Å²) in [6.07, 6.45) is 7.47. The molecule has 0 unspecified atom stereocenters. The largest absolute Gasteiger partial charge is 0.353 e. The molecule has 1 N–H and O–H groups in total. The van der Waals surface area contributed by atoms with Gasteiger partial charge in [0, 0.05) is 45.1 Å². The van der Waals surface area contributed by atoms with Crippen molar-refractivity contribution in [3.63, 3.8) is 0 Å². The van der Waals surface area contributed by atoms with Crippen LogP contribution >= 0.6 is 0 Å². The molecule has 1 aliphatic rings. The third kappa shape index (κ3) is 3.36. The summed E-state index contributed by atoms with van der Waals surface area (Å²) < 4.78 is 2.29. The highest BCUT2D eigenvalue weighted by molar-refractivity contribution is 5.12. The fourth-order valence-electron chi connectivity index (χ4n) is 2.92. The van der Waals surface area contributed by atoms with Crippen LogP contribution in [0.4, 0.5) is 0 Å². The summed E-state index contributed by atoms with van der Waals surface area (Å²) >= 11 is 0. The molecule has 3 heteroatoms. The predicted octanol–water partition coefficient (Wildman–Crippen LogP) is 2.55. The second kappa shape index (κ2) is 6.95. The van der Waals surface area contributed by atoms with Gasteiger partial charge in [0.15, 0.2) is 0 Å². The number of unbranched alkanes of at least 4 members (excludes halogenated alkanes) is 2. The molecule has 1 aromatic heterocycles. The number of aryl methyl sites for hydroxylation is 1. The van der Waals surface area contributed by atoms with E-state index in [4.69, 9.17) is 0 Å². The second-order valence-corrected chi connectivity index (χ2v) is 5.34. The molecule has 1 aliphatic heterocycles.